The Hall–Kier alpha value is -4.51. The van der Waals surface area contributed by atoms with E-state index in [0.29, 0.717) is 18.2 Å². The van der Waals surface area contributed by atoms with E-state index in [2.05, 4.69) is 31.3 Å². The molecule has 10 heteroatoms. The molecule has 0 aliphatic heterocycles. The Labute approximate surface area is 260 Å². The van der Waals surface area contributed by atoms with Gasteiger partial charge in [-0.3, -0.25) is 19.3 Å². The van der Waals surface area contributed by atoms with Crippen molar-refractivity contribution in [3.8, 4) is 16.9 Å². The Balaban J connectivity index is 1.53. The van der Waals surface area contributed by atoms with Gasteiger partial charge in [0.15, 0.2) is 11.4 Å². The molecule has 6 rings (SSSR count). The molecule has 45 heavy (non-hydrogen) atoms. The second-order valence-corrected chi connectivity index (χ2v) is 12.8. The number of amides is 1. The summed E-state index contributed by atoms with van der Waals surface area (Å²) in [6.45, 7) is 4.84. The minimum Gasteiger partial charge on any atom is -0.510 e. The molecular weight excluding hydrogens is 574 g/mol. The molecule has 7 N–H and O–H groups in total. The van der Waals surface area contributed by atoms with E-state index in [1.54, 1.807) is 20.2 Å². The molecule has 0 unspecified atom stereocenters. The van der Waals surface area contributed by atoms with Gasteiger partial charge in [-0.2, -0.15) is 0 Å². The van der Waals surface area contributed by atoms with Gasteiger partial charge in [-0.05, 0) is 71.9 Å². The highest BCUT2D eigenvalue weighted by Gasteiger charge is 2.63. The Morgan fingerprint density at radius 2 is 1.69 bits per heavy atom. The number of likely N-dealkylation sites (N-methyl/N-ethyl adjacent to an activating group) is 1. The van der Waals surface area contributed by atoms with Crippen LogP contribution in [0.5, 0.6) is 5.75 Å². The van der Waals surface area contributed by atoms with Crippen LogP contribution in [0.3, 0.4) is 0 Å². The zero-order valence-electron chi connectivity index (χ0n) is 25.6. The third-order valence-electron chi connectivity index (χ3n) is 9.61. The third kappa shape index (κ3) is 4.47. The zero-order chi connectivity index (χ0) is 32.5. The number of aromatic hydroxyl groups is 1. The van der Waals surface area contributed by atoms with Crippen molar-refractivity contribution < 1.29 is 34.8 Å². The van der Waals surface area contributed by atoms with Crippen molar-refractivity contribution in [1.82, 2.24) is 10.2 Å². The minimum absolute atomic E-state index is 0.0112. The SMILES string of the molecule is CC(C)NCc1ccc(-c2ccc(O)c3c2C[C@H]2C[C@H]4[C@H](N(C)C)C(O)=C(C(N)=O)C(=O)[C@@]4(O)C(O)=C2C3=O)c2ccccc12. The van der Waals surface area contributed by atoms with E-state index in [1.165, 1.54) is 11.0 Å². The van der Waals surface area contributed by atoms with Crippen LogP contribution in [-0.2, 0) is 22.6 Å². The summed E-state index contributed by atoms with van der Waals surface area (Å²) in [6.07, 6.45) is 0.241. The Kier molecular flexibility index (Phi) is 7.35. The number of Topliss-reactive ketones (excluding diaryl/α,β-unsaturated/α-hetero) is 2. The molecule has 3 aliphatic rings. The van der Waals surface area contributed by atoms with Crippen molar-refractivity contribution >= 4 is 28.2 Å². The maximum atomic E-state index is 14.2. The van der Waals surface area contributed by atoms with Crippen molar-refractivity contribution in [3.63, 3.8) is 0 Å². The van der Waals surface area contributed by atoms with Crippen molar-refractivity contribution in [2.24, 2.45) is 17.6 Å². The fraction of sp³-hybridized carbons (Fsp3) is 0.343. The van der Waals surface area contributed by atoms with E-state index >= 15 is 0 Å². The first-order chi connectivity index (χ1) is 21.3. The van der Waals surface area contributed by atoms with E-state index in [-0.39, 0.29) is 29.7 Å². The quantitative estimate of drug-likeness (QED) is 0.228. The van der Waals surface area contributed by atoms with Crippen LogP contribution in [0.2, 0.25) is 0 Å². The largest absolute Gasteiger partial charge is 0.510 e. The van der Waals surface area contributed by atoms with Gasteiger partial charge >= 0.3 is 0 Å². The predicted molar refractivity (Wildman–Crippen MR) is 169 cm³/mol. The Morgan fingerprint density at radius 1 is 1.02 bits per heavy atom. The highest BCUT2D eigenvalue weighted by atomic mass is 16.3. The first-order valence-corrected chi connectivity index (χ1v) is 15.0. The number of benzene rings is 3. The normalized spacial score (nSPS) is 24.7. The van der Waals surface area contributed by atoms with E-state index in [9.17, 15) is 34.8 Å². The van der Waals surface area contributed by atoms with Crippen LogP contribution in [0.4, 0.5) is 0 Å². The summed E-state index contributed by atoms with van der Waals surface area (Å²) in [5, 5.41) is 50.9. The van der Waals surface area contributed by atoms with Gasteiger partial charge in [-0.1, -0.05) is 56.3 Å². The summed E-state index contributed by atoms with van der Waals surface area (Å²) in [4.78, 5) is 41.5. The number of carbonyl (C=O) groups is 3. The predicted octanol–water partition coefficient (Wildman–Crippen LogP) is 3.44. The molecule has 3 aliphatic carbocycles. The van der Waals surface area contributed by atoms with Gasteiger partial charge in [0.2, 0.25) is 5.78 Å². The number of allylic oxidation sites excluding steroid dienone is 1. The molecule has 0 heterocycles. The number of hydrogen-bond acceptors (Lipinski definition) is 9. The molecule has 3 aromatic carbocycles. The lowest BCUT2D eigenvalue weighted by atomic mass is 9.58. The lowest BCUT2D eigenvalue weighted by Gasteiger charge is -2.50. The van der Waals surface area contributed by atoms with E-state index in [4.69, 9.17) is 5.73 Å². The van der Waals surface area contributed by atoms with Crippen LogP contribution in [0, 0.1) is 11.8 Å². The fourth-order valence-electron chi connectivity index (χ4n) is 7.57. The molecule has 0 bridgehead atoms. The monoisotopic (exact) mass is 611 g/mol. The molecule has 1 amide bonds. The Bertz CT molecular complexity index is 1860. The Morgan fingerprint density at radius 3 is 2.33 bits per heavy atom. The molecule has 3 aromatic rings. The number of aliphatic hydroxyl groups excluding tert-OH is 2. The van der Waals surface area contributed by atoms with Gasteiger partial charge < -0.3 is 31.5 Å². The number of primary amides is 1. The van der Waals surface area contributed by atoms with Gasteiger partial charge in [0, 0.05) is 24.1 Å². The van der Waals surface area contributed by atoms with Crippen LogP contribution >= 0.6 is 0 Å². The molecule has 234 valence electrons. The molecule has 0 fully saturated rings. The summed E-state index contributed by atoms with van der Waals surface area (Å²) in [7, 11) is 3.21. The van der Waals surface area contributed by atoms with Crippen LogP contribution < -0.4 is 11.1 Å². The standard InChI is InChI=1S/C35H37N3O7/c1-16(2)37-15-17-9-10-21(20-8-6-5-7-19(17)20)22-11-12-25(39)27-23(22)13-18-14-24-29(38(3)4)31(41)28(34(36)44)33(43)35(24,45)32(42)26(18)30(27)40/h5-12,16,18,24,29,37,39,41-42,45H,13-15H2,1-4H3,(H2,36,44)/t18-,24-,29-,35-/m0/s1. The second kappa shape index (κ2) is 10.8. The van der Waals surface area contributed by atoms with Gasteiger partial charge in [-0.15, -0.1) is 0 Å². The topological polar surface area (TPSA) is 173 Å². The summed E-state index contributed by atoms with van der Waals surface area (Å²) in [6, 6.07) is 14.5. The van der Waals surface area contributed by atoms with Crippen molar-refractivity contribution in [2.45, 2.75) is 50.9 Å². The molecular formula is C35H37N3O7. The summed E-state index contributed by atoms with van der Waals surface area (Å²) in [5.41, 5.74) is 5.06. The zero-order valence-corrected chi connectivity index (χ0v) is 25.6. The van der Waals surface area contributed by atoms with Crippen molar-refractivity contribution in [2.75, 3.05) is 14.1 Å². The number of rotatable bonds is 6. The molecule has 0 saturated carbocycles. The molecule has 4 atom stereocenters. The molecule has 0 spiro atoms. The third-order valence-corrected chi connectivity index (χ3v) is 9.61. The highest BCUT2D eigenvalue weighted by Crippen LogP contribution is 2.53. The molecule has 0 saturated heterocycles. The van der Waals surface area contributed by atoms with E-state index < -0.39 is 58.0 Å². The van der Waals surface area contributed by atoms with Gasteiger partial charge in [0.05, 0.1) is 11.6 Å². The van der Waals surface area contributed by atoms with Crippen LogP contribution in [0.15, 0.2) is 71.2 Å². The van der Waals surface area contributed by atoms with Crippen LogP contribution in [0.1, 0.15) is 41.8 Å². The smallest absolute Gasteiger partial charge is 0.255 e. The summed E-state index contributed by atoms with van der Waals surface area (Å²) in [5.74, 6) is -6.71. The molecule has 0 radical (unpaired) electrons. The fourth-order valence-corrected chi connectivity index (χ4v) is 7.57. The lowest BCUT2D eigenvalue weighted by molar-refractivity contribution is -0.148. The number of ketones is 2. The first kappa shape index (κ1) is 30.5. The second-order valence-electron chi connectivity index (χ2n) is 12.8. The number of carbonyl (C=O) groups excluding carboxylic acids is 3. The average Bonchev–Trinajstić information content (AvgIpc) is 2.97. The number of nitrogens with zero attached hydrogens (tertiary/aromatic N) is 1. The average molecular weight is 612 g/mol. The van der Waals surface area contributed by atoms with Crippen LogP contribution in [0.25, 0.3) is 21.9 Å². The number of phenols is 1. The highest BCUT2D eigenvalue weighted by molar-refractivity contribution is 6.25. The number of phenolic OH excluding ortho intramolecular Hbond substituents is 1. The number of nitrogens with one attached hydrogen (secondary N) is 1. The minimum atomic E-state index is -2.67. The molecule has 0 aromatic heterocycles. The van der Waals surface area contributed by atoms with E-state index in [1.807, 2.05) is 24.3 Å². The van der Waals surface area contributed by atoms with Crippen LogP contribution in [-0.4, -0.2) is 74.6 Å². The number of nitrogens with two attached hydrogens (primary N) is 1. The molecule has 10 nitrogen and oxygen atoms in total. The van der Waals surface area contributed by atoms with Gasteiger partial charge in [-0.25, -0.2) is 0 Å². The lowest BCUT2D eigenvalue weighted by Crippen LogP contribution is -2.63. The van der Waals surface area contributed by atoms with Gasteiger partial charge in [0.25, 0.3) is 5.91 Å². The number of fused-ring (bicyclic) bond motifs is 4. The summed E-state index contributed by atoms with van der Waals surface area (Å²) < 4.78 is 0. The van der Waals surface area contributed by atoms with Crippen molar-refractivity contribution in [1.29, 1.82) is 0 Å². The van der Waals surface area contributed by atoms with Gasteiger partial charge in [0.1, 0.15) is 22.8 Å². The van der Waals surface area contributed by atoms with E-state index in [0.717, 1.165) is 27.5 Å². The maximum absolute atomic E-state index is 14.2. The van der Waals surface area contributed by atoms with Crippen molar-refractivity contribution in [3.05, 3.63) is 87.9 Å². The summed E-state index contributed by atoms with van der Waals surface area (Å²) >= 11 is 0. The number of hydrogen-bond donors (Lipinski definition) is 6. The number of aliphatic hydroxyl groups is 3. The first-order valence-electron chi connectivity index (χ1n) is 15.0. The maximum Gasteiger partial charge on any atom is 0.255 e.